The van der Waals surface area contributed by atoms with E-state index < -0.39 is 11.5 Å². The van der Waals surface area contributed by atoms with Crippen molar-refractivity contribution in [1.29, 1.82) is 0 Å². The standard InChI is InChI=1S/C21H18BrN3O3/c1-12-17(20(26)25(23-12)16-9-4-3-5-10-16)19(14-7-6-8-15(22)11-14)18-13(2)24-28-21(18)27/h3-11,19,23-24H,1-2H3. The lowest BCUT2D eigenvalue weighted by Crippen LogP contribution is -2.23. The summed E-state index contributed by atoms with van der Waals surface area (Å²) in [6.45, 7) is 3.60. The number of aromatic nitrogens is 3. The molecule has 2 aromatic carbocycles. The van der Waals surface area contributed by atoms with Crippen molar-refractivity contribution in [1.82, 2.24) is 14.9 Å². The van der Waals surface area contributed by atoms with Crippen molar-refractivity contribution in [2.45, 2.75) is 19.8 Å². The molecule has 0 aliphatic heterocycles. The monoisotopic (exact) mass is 439 g/mol. The number of H-pyrrole nitrogens is 2. The lowest BCUT2D eigenvalue weighted by Gasteiger charge is -2.15. The predicted molar refractivity (Wildman–Crippen MR) is 110 cm³/mol. The molecular formula is C21H18BrN3O3. The Labute approximate surface area is 168 Å². The zero-order valence-corrected chi connectivity index (χ0v) is 16.9. The van der Waals surface area contributed by atoms with Crippen LogP contribution in [0.2, 0.25) is 0 Å². The number of hydrogen-bond acceptors (Lipinski definition) is 3. The van der Waals surface area contributed by atoms with Crippen LogP contribution in [-0.2, 0) is 0 Å². The van der Waals surface area contributed by atoms with Crippen LogP contribution in [0.1, 0.15) is 34.0 Å². The van der Waals surface area contributed by atoms with E-state index >= 15 is 0 Å². The van der Waals surface area contributed by atoms with Crippen LogP contribution in [-0.4, -0.2) is 14.9 Å². The molecule has 1 atom stereocenters. The number of nitrogens with zero attached hydrogens (tertiary/aromatic N) is 1. The van der Waals surface area contributed by atoms with Crippen LogP contribution in [0.3, 0.4) is 0 Å². The van der Waals surface area contributed by atoms with Gasteiger partial charge in [0.05, 0.1) is 28.4 Å². The van der Waals surface area contributed by atoms with Crippen molar-refractivity contribution in [2.75, 3.05) is 0 Å². The number of aromatic amines is 2. The third-order valence-electron chi connectivity index (χ3n) is 4.81. The Morgan fingerprint density at radius 3 is 2.36 bits per heavy atom. The molecule has 4 aromatic rings. The van der Waals surface area contributed by atoms with Crippen molar-refractivity contribution in [2.24, 2.45) is 0 Å². The minimum absolute atomic E-state index is 0.200. The molecule has 6 nitrogen and oxygen atoms in total. The van der Waals surface area contributed by atoms with E-state index in [1.165, 1.54) is 4.68 Å². The van der Waals surface area contributed by atoms with E-state index in [4.69, 9.17) is 4.52 Å². The van der Waals surface area contributed by atoms with Crippen molar-refractivity contribution < 1.29 is 4.52 Å². The molecule has 7 heteroatoms. The Morgan fingerprint density at radius 1 is 0.964 bits per heavy atom. The van der Waals surface area contributed by atoms with E-state index in [-0.39, 0.29) is 5.56 Å². The molecule has 0 aliphatic rings. The summed E-state index contributed by atoms with van der Waals surface area (Å²) >= 11 is 3.48. The lowest BCUT2D eigenvalue weighted by molar-refractivity contribution is 0.386. The van der Waals surface area contributed by atoms with E-state index in [1.54, 1.807) is 6.92 Å². The number of rotatable bonds is 4. The summed E-state index contributed by atoms with van der Waals surface area (Å²) in [7, 11) is 0. The van der Waals surface area contributed by atoms with Gasteiger partial charge >= 0.3 is 5.63 Å². The SMILES string of the molecule is Cc1[nH]oc(=O)c1C(c1cccc(Br)c1)c1c(C)[nH]n(-c2ccccc2)c1=O. The highest BCUT2D eigenvalue weighted by Crippen LogP contribution is 2.33. The van der Waals surface area contributed by atoms with Gasteiger partial charge in [-0.25, -0.2) is 14.6 Å². The van der Waals surface area contributed by atoms with E-state index in [0.29, 0.717) is 22.5 Å². The lowest BCUT2D eigenvalue weighted by atomic mass is 9.85. The highest BCUT2D eigenvalue weighted by atomic mass is 79.9. The average molecular weight is 440 g/mol. The normalized spacial score (nSPS) is 12.2. The number of para-hydroxylation sites is 1. The van der Waals surface area contributed by atoms with Crippen LogP contribution >= 0.6 is 15.9 Å². The largest absolute Gasteiger partial charge is 0.361 e. The van der Waals surface area contributed by atoms with Crippen molar-refractivity contribution in [3.8, 4) is 5.69 Å². The molecular weight excluding hydrogens is 422 g/mol. The summed E-state index contributed by atoms with van der Waals surface area (Å²) in [5, 5.41) is 5.78. The van der Waals surface area contributed by atoms with Gasteiger partial charge in [-0.1, -0.05) is 46.3 Å². The van der Waals surface area contributed by atoms with E-state index in [0.717, 1.165) is 15.7 Å². The first-order valence-electron chi connectivity index (χ1n) is 8.77. The molecule has 0 bridgehead atoms. The second-order valence-electron chi connectivity index (χ2n) is 6.64. The predicted octanol–water partition coefficient (Wildman–Crippen LogP) is 4.01. The molecule has 0 saturated carbocycles. The van der Waals surface area contributed by atoms with Gasteiger partial charge in [0.25, 0.3) is 5.56 Å². The Kier molecular flexibility index (Phi) is 4.68. The Bertz CT molecular complexity index is 1250. The summed E-state index contributed by atoms with van der Waals surface area (Å²) in [6.07, 6.45) is 0. The number of hydrogen-bond donors (Lipinski definition) is 2. The fourth-order valence-corrected chi connectivity index (χ4v) is 3.96. The molecule has 142 valence electrons. The maximum atomic E-state index is 13.4. The van der Waals surface area contributed by atoms with Gasteiger partial charge in [0.15, 0.2) is 0 Å². The van der Waals surface area contributed by atoms with Crippen LogP contribution in [0.5, 0.6) is 0 Å². The first-order valence-corrected chi connectivity index (χ1v) is 9.57. The van der Waals surface area contributed by atoms with Crippen molar-refractivity contribution in [3.63, 3.8) is 0 Å². The zero-order chi connectivity index (χ0) is 19.8. The Balaban J connectivity index is 2.00. The smallest absolute Gasteiger partial charge is 0.339 e. The quantitative estimate of drug-likeness (QED) is 0.503. The molecule has 0 amide bonds. The maximum absolute atomic E-state index is 13.4. The molecule has 1 unspecified atom stereocenters. The fraction of sp³-hybridized carbons (Fsp3) is 0.143. The van der Waals surface area contributed by atoms with Crippen LogP contribution in [0, 0.1) is 13.8 Å². The van der Waals surface area contributed by atoms with Gasteiger partial charge in [-0.05, 0) is 43.7 Å². The molecule has 4 rings (SSSR count). The third kappa shape index (κ3) is 3.07. The molecule has 0 fully saturated rings. The minimum Gasteiger partial charge on any atom is -0.339 e. The second kappa shape index (κ2) is 7.16. The van der Waals surface area contributed by atoms with Crippen LogP contribution in [0.4, 0.5) is 0 Å². The number of aryl methyl sites for hydroxylation is 2. The number of benzene rings is 2. The van der Waals surface area contributed by atoms with Gasteiger partial charge in [0.2, 0.25) is 0 Å². The number of halogens is 1. The first-order chi connectivity index (χ1) is 13.5. The highest BCUT2D eigenvalue weighted by molar-refractivity contribution is 9.10. The van der Waals surface area contributed by atoms with Crippen molar-refractivity contribution in [3.05, 3.63) is 108 Å². The third-order valence-corrected chi connectivity index (χ3v) is 5.30. The molecule has 0 spiro atoms. The molecule has 0 saturated heterocycles. The summed E-state index contributed by atoms with van der Waals surface area (Å²) in [5.41, 5.74) is 3.10. The molecule has 0 radical (unpaired) electrons. The van der Waals surface area contributed by atoms with Crippen LogP contribution < -0.4 is 11.2 Å². The van der Waals surface area contributed by atoms with Gasteiger partial charge in [-0.2, -0.15) is 0 Å². The number of nitrogens with one attached hydrogen (secondary N) is 2. The highest BCUT2D eigenvalue weighted by Gasteiger charge is 2.30. The summed E-state index contributed by atoms with van der Waals surface area (Å²) in [5.74, 6) is -0.561. The van der Waals surface area contributed by atoms with Crippen molar-refractivity contribution >= 4 is 15.9 Å². The Hall–Kier alpha value is -3.06. The molecule has 2 aromatic heterocycles. The van der Waals surface area contributed by atoms with Crippen LogP contribution in [0.25, 0.3) is 5.69 Å². The summed E-state index contributed by atoms with van der Waals surface area (Å²) < 4.78 is 7.37. The molecule has 28 heavy (non-hydrogen) atoms. The van der Waals surface area contributed by atoms with E-state index in [1.807, 2.05) is 61.5 Å². The molecule has 2 heterocycles. The zero-order valence-electron chi connectivity index (χ0n) is 15.3. The fourth-order valence-electron chi connectivity index (χ4n) is 3.54. The van der Waals surface area contributed by atoms with Gasteiger partial charge in [-0.15, -0.1) is 0 Å². The average Bonchev–Trinajstić information content (AvgIpc) is 3.17. The van der Waals surface area contributed by atoms with Gasteiger partial charge in [0.1, 0.15) is 0 Å². The summed E-state index contributed by atoms with van der Waals surface area (Å²) in [6, 6.07) is 16.9. The molecule has 0 aliphatic carbocycles. The first kappa shape index (κ1) is 18.3. The Morgan fingerprint density at radius 2 is 1.71 bits per heavy atom. The maximum Gasteiger partial charge on any atom is 0.361 e. The van der Waals surface area contributed by atoms with Gasteiger partial charge < -0.3 is 4.52 Å². The van der Waals surface area contributed by atoms with E-state index in [2.05, 4.69) is 26.2 Å². The van der Waals surface area contributed by atoms with Gasteiger partial charge in [-0.3, -0.25) is 9.89 Å². The topological polar surface area (TPSA) is 83.8 Å². The minimum atomic E-state index is -0.561. The van der Waals surface area contributed by atoms with Gasteiger partial charge in [0, 0.05) is 10.2 Å². The van der Waals surface area contributed by atoms with Crippen LogP contribution in [0.15, 0.2) is 73.2 Å². The van der Waals surface area contributed by atoms with E-state index in [9.17, 15) is 9.59 Å². The second-order valence-corrected chi connectivity index (χ2v) is 7.56. The molecule has 2 N–H and O–H groups in total. The summed E-state index contributed by atoms with van der Waals surface area (Å²) in [4.78, 5) is 25.9.